The molecule has 0 bridgehead atoms. The third-order valence-corrected chi connectivity index (χ3v) is 6.35. The van der Waals surface area contributed by atoms with E-state index in [1.54, 1.807) is 13.0 Å². The maximum Gasteiger partial charge on any atom is 0.256 e. The minimum atomic E-state index is -1.29. The number of carbonyl (C=O) groups is 1. The van der Waals surface area contributed by atoms with Gasteiger partial charge in [0, 0.05) is 5.92 Å². The minimum Gasteiger partial charge on any atom is -0.393 e. The largest absolute Gasteiger partial charge is 0.393 e. The Morgan fingerprint density at radius 1 is 1.10 bits per heavy atom. The van der Waals surface area contributed by atoms with Crippen LogP contribution in [-0.2, 0) is 0 Å². The van der Waals surface area contributed by atoms with E-state index in [9.17, 15) is 28.2 Å². The highest BCUT2D eigenvalue weighted by Gasteiger charge is 2.52. The number of halogens is 3. The van der Waals surface area contributed by atoms with Crippen molar-refractivity contribution in [1.29, 1.82) is 0 Å². The predicted octanol–water partition coefficient (Wildman–Crippen LogP) is 3.89. The third-order valence-electron chi connectivity index (χ3n) is 6.35. The lowest BCUT2D eigenvalue weighted by atomic mass is 9.71. The highest BCUT2D eigenvalue weighted by atomic mass is 19.2. The summed E-state index contributed by atoms with van der Waals surface area (Å²) in [6.45, 7) is 1.68. The summed E-state index contributed by atoms with van der Waals surface area (Å²) in [5.74, 6) is -4.05. The second-order valence-corrected chi connectivity index (χ2v) is 8.62. The molecule has 1 heterocycles. The first kappa shape index (κ1) is 21.6. The van der Waals surface area contributed by atoms with E-state index < -0.39 is 40.8 Å². The number of aryl methyl sites for hydroxylation is 1. The molecule has 0 spiro atoms. The summed E-state index contributed by atoms with van der Waals surface area (Å²) in [6.07, 6.45) is 2.46. The normalized spacial score (nSPS) is 22.7. The van der Waals surface area contributed by atoms with Gasteiger partial charge in [-0.1, -0.05) is 18.9 Å². The number of hydrogen-bond acceptors (Lipinski definition) is 4. The molecule has 31 heavy (non-hydrogen) atoms. The maximum absolute atomic E-state index is 14.6. The number of likely N-dealkylation sites (tertiary alicyclic amines) is 1. The standard InChI is InChI=1S/C23H25F3N2O3/c1-13-6-9-18(17(25)10-13)27-21-14(7-8-16(24)20(21)26)22(30)28-11-23(31,12-28)15-4-2-3-5-19(15)29/h6-10,15,19,27,29,31H,2-5,11-12H2,1H3/t15-,19-/m0/s1. The van der Waals surface area contributed by atoms with Crippen molar-refractivity contribution in [3.8, 4) is 0 Å². The van der Waals surface area contributed by atoms with Gasteiger partial charge in [-0.3, -0.25) is 4.79 Å². The van der Waals surface area contributed by atoms with Gasteiger partial charge in [0.1, 0.15) is 11.4 Å². The fraction of sp³-hybridized carbons (Fsp3) is 0.435. The topological polar surface area (TPSA) is 72.8 Å². The number of hydrogen-bond donors (Lipinski definition) is 3. The smallest absolute Gasteiger partial charge is 0.256 e. The van der Waals surface area contributed by atoms with Crippen LogP contribution in [0.2, 0.25) is 0 Å². The Morgan fingerprint density at radius 3 is 2.48 bits per heavy atom. The SMILES string of the molecule is Cc1ccc(Nc2c(C(=O)N3CC(O)([C@H]4CCCC[C@@H]4O)C3)ccc(F)c2F)c(F)c1. The Morgan fingerprint density at radius 2 is 1.81 bits per heavy atom. The molecule has 8 heteroatoms. The highest BCUT2D eigenvalue weighted by molar-refractivity contribution is 6.01. The zero-order valence-corrected chi connectivity index (χ0v) is 17.2. The second kappa shape index (κ2) is 8.16. The Balaban J connectivity index is 1.57. The van der Waals surface area contributed by atoms with E-state index in [1.165, 1.54) is 17.0 Å². The summed E-state index contributed by atoms with van der Waals surface area (Å²) in [5, 5.41) is 23.6. The van der Waals surface area contributed by atoms with Gasteiger partial charge in [-0.2, -0.15) is 0 Å². The van der Waals surface area contributed by atoms with E-state index in [1.807, 2.05) is 0 Å². The van der Waals surface area contributed by atoms with Crippen molar-refractivity contribution in [3.05, 3.63) is 58.9 Å². The van der Waals surface area contributed by atoms with Gasteiger partial charge in [0.2, 0.25) is 0 Å². The number of anilines is 2. The molecule has 2 atom stereocenters. The number of benzene rings is 2. The van der Waals surface area contributed by atoms with E-state index in [2.05, 4.69) is 5.32 Å². The molecule has 0 radical (unpaired) electrons. The van der Waals surface area contributed by atoms with Crippen LogP contribution in [0.15, 0.2) is 30.3 Å². The average Bonchev–Trinajstić information content (AvgIpc) is 2.71. The van der Waals surface area contributed by atoms with Gasteiger partial charge in [-0.15, -0.1) is 0 Å². The van der Waals surface area contributed by atoms with Crippen molar-refractivity contribution in [2.24, 2.45) is 5.92 Å². The molecule has 0 aromatic heterocycles. The van der Waals surface area contributed by atoms with Crippen LogP contribution in [0, 0.1) is 30.3 Å². The molecule has 1 amide bonds. The summed E-state index contributed by atoms with van der Waals surface area (Å²) in [6, 6.07) is 6.22. The van der Waals surface area contributed by atoms with E-state index in [0.717, 1.165) is 25.0 Å². The zero-order valence-electron chi connectivity index (χ0n) is 17.2. The van der Waals surface area contributed by atoms with Crippen molar-refractivity contribution < 1.29 is 28.2 Å². The number of nitrogens with one attached hydrogen (secondary N) is 1. The summed E-state index contributed by atoms with van der Waals surface area (Å²) >= 11 is 0. The Hall–Kier alpha value is -2.58. The fourth-order valence-electron chi connectivity index (χ4n) is 4.61. The molecule has 1 saturated carbocycles. The zero-order chi connectivity index (χ0) is 22.3. The number of rotatable bonds is 4. The number of carbonyl (C=O) groups excluding carboxylic acids is 1. The Bertz CT molecular complexity index is 1010. The maximum atomic E-state index is 14.6. The van der Waals surface area contributed by atoms with E-state index in [4.69, 9.17) is 0 Å². The lowest BCUT2D eigenvalue weighted by Crippen LogP contribution is -2.68. The van der Waals surface area contributed by atoms with Crippen molar-refractivity contribution >= 4 is 17.3 Å². The number of aliphatic hydroxyl groups is 2. The fourth-order valence-corrected chi connectivity index (χ4v) is 4.61. The molecule has 1 aliphatic heterocycles. The van der Waals surface area contributed by atoms with Gasteiger partial charge in [0.15, 0.2) is 11.6 Å². The van der Waals surface area contributed by atoms with E-state index in [-0.39, 0.29) is 30.3 Å². The van der Waals surface area contributed by atoms with Gasteiger partial charge < -0.3 is 20.4 Å². The first-order valence-electron chi connectivity index (χ1n) is 10.4. The molecule has 2 fully saturated rings. The molecule has 2 aromatic carbocycles. The van der Waals surface area contributed by atoms with Gasteiger partial charge in [0.05, 0.1) is 36.1 Å². The van der Waals surface area contributed by atoms with Crippen LogP contribution in [0.5, 0.6) is 0 Å². The molecule has 2 aromatic rings. The van der Waals surface area contributed by atoms with Crippen LogP contribution < -0.4 is 5.32 Å². The number of aliphatic hydroxyl groups excluding tert-OH is 1. The highest BCUT2D eigenvalue weighted by Crippen LogP contribution is 2.40. The third kappa shape index (κ3) is 4.02. The minimum absolute atomic E-state index is 0.00904. The molecule has 5 nitrogen and oxygen atoms in total. The molecule has 2 aliphatic rings. The lowest BCUT2D eigenvalue weighted by Gasteiger charge is -2.52. The predicted molar refractivity (Wildman–Crippen MR) is 110 cm³/mol. The van der Waals surface area contributed by atoms with Crippen LogP contribution in [0.4, 0.5) is 24.5 Å². The van der Waals surface area contributed by atoms with Crippen molar-refractivity contribution in [1.82, 2.24) is 4.90 Å². The molecule has 3 N–H and O–H groups in total. The lowest BCUT2D eigenvalue weighted by molar-refractivity contribution is -0.156. The van der Waals surface area contributed by atoms with Gasteiger partial charge in [-0.05, 0) is 49.6 Å². The molecule has 4 rings (SSSR count). The number of nitrogens with zero attached hydrogens (tertiary/aromatic N) is 1. The first-order valence-corrected chi connectivity index (χ1v) is 10.4. The quantitative estimate of drug-likeness (QED) is 0.683. The monoisotopic (exact) mass is 434 g/mol. The van der Waals surface area contributed by atoms with E-state index in [0.29, 0.717) is 18.4 Å². The second-order valence-electron chi connectivity index (χ2n) is 8.62. The van der Waals surface area contributed by atoms with E-state index >= 15 is 0 Å². The summed E-state index contributed by atoms with van der Waals surface area (Å²) < 4.78 is 42.7. The molecule has 1 aliphatic carbocycles. The number of β-amino-alcohol motifs (C(OH)–C–C–N with tert-alkyl or cyclic N) is 1. The van der Waals surface area contributed by atoms with Gasteiger partial charge in [-0.25, -0.2) is 13.2 Å². The van der Waals surface area contributed by atoms with Gasteiger partial charge in [0.25, 0.3) is 5.91 Å². The molecular formula is C23H25F3N2O3. The van der Waals surface area contributed by atoms with Crippen LogP contribution in [0.25, 0.3) is 0 Å². The average molecular weight is 434 g/mol. The number of amides is 1. The molecular weight excluding hydrogens is 409 g/mol. The van der Waals surface area contributed by atoms with Crippen LogP contribution >= 0.6 is 0 Å². The summed E-state index contributed by atoms with van der Waals surface area (Å²) in [7, 11) is 0. The first-order chi connectivity index (χ1) is 14.7. The molecule has 166 valence electrons. The van der Waals surface area contributed by atoms with Crippen molar-refractivity contribution in [2.75, 3.05) is 18.4 Å². The summed E-state index contributed by atoms with van der Waals surface area (Å²) in [5.41, 5.74) is -1.26. The van der Waals surface area contributed by atoms with Crippen LogP contribution in [0.3, 0.4) is 0 Å². The van der Waals surface area contributed by atoms with Gasteiger partial charge >= 0.3 is 0 Å². The Labute approximate surface area is 178 Å². The summed E-state index contributed by atoms with van der Waals surface area (Å²) in [4.78, 5) is 14.3. The van der Waals surface area contributed by atoms with Crippen molar-refractivity contribution in [2.45, 2.75) is 44.3 Å². The Kier molecular flexibility index (Phi) is 5.70. The van der Waals surface area contributed by atoms with Crippen LogP contribution in [-0.4, -0.2) is 45.8 Å². The van der Waals surface area contributed by atoms with Crippen LogP contribution in [0.1, 0.15) is 41.6 Å². The molecule has 0 unspecified atom stereocenters. The molecule has 1 saturated heterocycles. The van der Waals surface area contributed by atoms with Crippen molar-refractivity contribution in [3.63, 3.8) is 0 Å².